The van der Waals surface area contributed by atoms with E-state index in [1.54, 1.807) is 36.4 Å². The summed E-state index contributed by atoms with van der Waals surface area (Å²) < 4.78 is 1.97. The fourth-order valence-corrected chi connectivity index (χ4v) is 5.45. The highest BCUT2D eigenvalue weighted by molar-refractivity contribution is 8.00. The molecular weight excluding hydrogens is 422 g/mol. The van der Waals surface area contributed by atoms with Gasteiger partial charge in [0.05, 0.1) is 30.2 Å². The van der Waals surface area contributed by atoms with E-state index in [-0.39, 0.29) is 16.3 Å². The van der Waals surface area contributed by atoms with Gasteiger partial charge in [0.1, 0.15) is 0 Å². The van der Waals surface area contributed by atoms with Crippen LogP contribution in [0.15, 0.2) is 92.6 Å². The topological polar surface area (TPSA) is 90.7 Å². The first-order valence-electron chi connectivity index (χ1n) is 8.89. The van der Waals surface area contributed by atoms with E-state index in [4.69, 9.17) is 0 Å². The Labute approximate surface area is 180 Å². The summed E-state index contributed by atoms with van der Waals surface area (Å²) in [5, 5.41) is 23.7. The van der Waals surface area contributed by atoms with Crippen molar-refractivity contribution in [2.75, 3.05) is 0 Å². The van der Waals surface area contributed by atoms with E-state index >= 15 is 0 Å². The lowest BCUT2D eigenvalue weighted by molar-refractivity contribution is -0.387. The van der Waals surface area contributed by atoms with Crippen molar-refractivity contribution in [3.05, 3.63) is 98.7 Å². The summed E-state index contributed by atoms with van der Waals surface area (Å²) >= 11 is 2.65. The second-order valence-electron chi connectivity index (χ2n) is 6.37. The van der Waals surface area contributed by atoms with Crippen LogP contribution in [0, 0.1) is 27.2 Å². The predicted molar refractivity (Wildman–Crippen MR) is 117 cm³/mol. The Hall–Kier alpha value is -3.30. The van der Waals surface area contributed by atoms with Crippen LogP contribution in [0.25, 0.3) is 5.52 Å². The Morgan fingerprint density at radius 3 is 1.90 bits per heavy atom. The Bertz CT molecular complexity index is 1190. The summed E-state index contributed by atoms with van der Waals surface area (Å²) in [6.45, 7) is 1.93. The minimum atomic E-state index is -0.392. The van der Waals surface area contributed by atoms with Gasteiger partial charge in [0.15, 0.2) is 0 Å². The largest absolute Gasteiger partial charge is 0.310 e. The fraction of sp³-hybridized carbons (Fsp3) is 0.0476. The molecule has 4 aromatic rings. The molecule has 2 aromatic heterocycles. The van der Waals surface area contributed by atoms with E-state index in [1.807, 2.05) is 35.7 Å². The number of nitrogens with zero attached hydrogens (tertiary/aromatic N) is 3. The third kappa shape index (κ3) is 3.64. The van der Waals surface area contributed by atoms with Crippen LogP contribution in [0.1, 0.15) is 5.56 Å². The van der Waals surface area contributed by atoms with Crippen molar-refractivity contribution in [3.63, 3.8) is 0 Å². The molecule has 0 aliphatic rings. The van der Waals surface area contributed by atoms with Crippen LogP contribution in [0.5, 0.6) is 0 Å². The maximum Gasteiger partial charge on any atom is 0.283 e. The molecule has 30 heavy (non-hydrogen) atoms. The standard InChI is InChI=1S/C21H15N3O4S2/c1-14-20(29-18-11-4-2-8-15(18)23(25)26)17-10-6-7-13-22(17)21(14)30-19-12-5-3-9-16(19)24(27)28/h2-13H,1H3. The normalized spacial score (nSPS) is 11.0. The zero-order chi connectivity index (χ0) is 21.3. The first-order chi connectivity index (χ1) is 14.5. The van der Waals surface area contributed by atoms with E-state index in [2.05, 4.69) is 0 Å². The molecule has 0 fully saturated rings. The number of fused-ring (bicyclic) bond motifs is 1. The Kier molecular flexibility index (Phi) is 5.47. The van der Waals surface area contributed by atoms with Gasteiger partial charge in [0, 0.05) is 23.2 Å². The lowest BCUT2D eigenvalue weighted by Crippen LogP contribution is -1.91. The monoisotopic (exact) mass is 437 g/mol. The number of pyridine rings is 1. The number of nitro groups is 2. The van der Waals surface area contributed by atoms with E-state index in [1.165, 1.54) is 35.7 Å². The molecular formula is C21H15N3O4S2. The quantitative estimate of drug-likeness (QED) is 0.257. The molecule has 0 amide bonds. The van der Waals surface area contributed by atoms with Crippen molar-refractivity contribution in [1.29, 1.82) is 0 Å². The number of nitro benzene ring substituents is 2. The molecule has 9 heteroatoms. The van der Waals surface area contributed by atoms with Crippen LogP contribution in [-0.2, 0) is 0 Å². The van der Waals surface area contributed by atoms with Crippen LogP contribution in [0.3, 0.4) is 0 Å². The molecule has 0 saturated carbocycles. The SMILES string of the molecule is Cc1c(Sc2ccccc2[N+](=O)[O-])c2ccccn2c1Sc1ccccc1[N+](=O)[O-]. The van der Waals surface area contributed by atoms with Gasteiger partial charge < -0.3 is 4.40 Å². The molecule has 0 aliphatic carbocycles. The molecule has 2 heterocycles. The highest BCUT2D eigenvalue weighted by atomic mass is 32.2. The third-order valence-corrected chi connectivity index (χ3v) is 7.06. The Balaban J connectivity index is 1.84. The van der Waals surface area contributed by atoms with Crippen molar-refractivity contribution in [3.8, 4) is 0 Å². The number of benzene rings is 2. The minimum absolute atomic E-state index is 0.0423. The summed E-state index contributed by atoms with van der Waals surface area (Å²) in [4.78, 5) is 24.0. The van der Waals surface area contributed by atoms with Gasteiger partial charge in [-0.2, -0.15) is 0 Å². The highest BCUT2D eigenvalue weighted by Crippen LogP contribution is 2.45. The molecule has 0 N–H and O–H groups in total. The van der Waals surface area contributed by atoms with E-state index in [9.17, 15) is 20.2 Å². The molecule has 7 nitrogen and oxygen atoms in total. The van der Waals surface area contributed by atoms with Crippen molar-refractivity contribution in [2.45, 2.75) is 26.6 Å². The van der Waals surface area contributed by atoms with Crippen LogP contribution in [0.2, 0.25) is 0 Å². The summed E-state index contributed by atoms with van der Waals surface area (Å²) in [5.74, 6) is 0. The van der Waals surface area contributed by atoms with E-state index in [0.717, 1.165) is 21.0 Å². The summed E-state index contributed by atoms with van der Waals surface area (Å²) in [5.41, 5.74) is 1.89. The van der Waals surface area contributed by atoms with Crippen LogP contribution >= 0.6 is 23.5 Å². The predicted octanol–water partition coefficient (Wildman–Crippen LogP) is 6.37. The van der Waals surface area contributed by atoms with Gasteiger partial charge in [-0.15, -0.1) is 0 Å². The lowest BCUT2D eigenvalue weighted by Gasteiger charge is -2.05. The molecule has 4 rings (SSSR count). The maximum absolute atomic E-state index is 11.4. The second-order valence-corrected chi connectivity index (χ2v) is 8.45. The van der Waals surface area contributed by atoms with Crippen molar-refractivity contribution < 1.29 is 9.85 Å². The first kappa shape index (κ1) is 20.0. The number of para-hydroxylation sites is 2. The Morgan fingerprint density at radius 2 is 1.30 bits per heavy atom. The van der Waals surface area contributed by atoms with Gasteiger partial charge in [-0.1, -0.05) is 53.9 Å². The molecule has 0 bridgehead atoms. The number of aromatic nitrogens is 1. The molecule has 0 unspecified atom stereocenters. The first-order valence-corrected chi connectivity index (χ1v) is 10.5. The van der Waals surface area contributed by atoms with Crippen molar-refractivity contribution in [2.24, 2.45) is 0 Å². The van der Waals surface area contributed by atoms with E-state index in [0.29, 0.717) is 9.79 Å². The lowest BCUT2D eigenvalue weighted by atomic mass is 10.3. The minimum Gasteiger partial charge on any atom is -0.310 e. The van der Waals surface area contributed by atoms with Gasteiger partial charge >= 0.3 is 0 Å². The Morgan fingerprint density at radius 1 is 0.767 bits per heavy atom. The summed E-state index contributed by atoms with van der Waals surface area (Å²) in [6.07, 6.45) is 1.89. The maximum atomic E-state index is 11.4. The van der Waals surface area contributed by atoms with Crippen LogP contribution < -0.4 is 0 Å². The molecule has 0 aliphatic heterocycles. The number of rotatable bonds is 6. The zero-order valence-electron chi connectivity index (χ0n) is 15.7. The van der Waals surface area contributed by atoms with Crippen LogP contribution in [0.4, 0.5) is 11.4 Å². The van der Waals surface area contributed by atoms with Gasteiger partial charge in [-0.3, -0.25) is 20.2 Å². The smallest absolute Gasteiger partial charge is 0.283 e. The number of hydrogen-bond acceptors (Lipinski definition) is 6. The molecule has 150 valence electrons. The fourth-order valence-electron chi connectivity index (χ4n) is 3.13. The van der Waals surface area contributed by atoms with Crippen molar-refractivity contribution >= 4 is 40.4 Å². The molecule has 2 aromatic carbocycles. The third-order valence-electron chi connectivity index (χ3n) is 4.52. The van der Waals surface area contributed by atoms with E-state index < -0.39 is 4.92 Å². The average molecular weight is 438 g/mol. The van der Waals surface area contributed by atoms with Crippen LogP contribution in [-0.4, -0.2) is 14.2 Å². The van der Waals surface area contributed by atoms with Crippen molar-refractivity contribution in [1.82, 2.24) is 4.40 Å². The van der Waals surface area contributed by atoms with Gasteiger partial charge in [0.2, 0.25) is 0 Å². The van der Waals surface area contributed by atoms with Gasteiger partial charge in [-0.05, 0) is 36.8 Å². The van der Waals surface area contributed by atoms with Gasteiger partial charge in [0.25, 0.3) is 11.4 Å². The second kappa shape index (κ2) is 8.21. The molecule has 0 radical (unpaired) electrons. The molecule has 0 spiro atoms. The summed E-state index contributed by atoms with van der Waals surface area (Å²) in [7, 11) is 0. The van der Waals surface area contributed by atoms with Gasteiger partial charge in [-0.25, -0.2) is 0 Å². The number of hydrogen-bond donors (Lipinski definition) is 0. The molecule has 0 saturated heterocycles. The molecule has 0 atom stereocenters. The average Bonchev–Trinajstić information content (AvgIpc) is 3.00. The summed E-state index contributed by atoms with van der Waals surface area (Å²) in [6, 6.07) is 19.0. The highest BCUT2D eigenvalue weighted by Gasteiger charge is 2.22. The zero-order valence-corrected chi connectivity index (χ0v) is 17.4.